The lowest BCUT2D eigenvalue weighted by atomic mass is 10.2. The van der Waals surface area contributed by atoms with E-state index in [1.807, 2.05) is 97.1 Å². The molecule has 2 aromatic heterocycles. The highest BCUT2D eigenvalue weighted by Crippen LogP contribution is 2.11. The highest BCUT2D eigenvalue weighted by atomic mass is 16.3. The van der Waals surface area contributed by atoms with E-state index in [9.17, 15) is 4.79 Å². The number of hydrazone groups is 1. The number of amides is 1. The minimum absolute atomic E-state index is 0.326. The van der Waals surface area contributed by atoms with Crippen LogP contribution in [-0.4, -0.2) is 17.1 Å². The van der Waals surface area contributed by atoms with Crippen LogP contribution in [0.1, 0.15) is 16.2 Å². The van der Waals surface area contributed by atoms with Crippen molar-refractivity contribution < 1.29 is 9.21 Å². The van der Waals surface area contributed by atoms with Crippen LogP contribution >= 0.6 is 0 Å². The Morgan fingerprint density at radius 1 is 0.833 bits per heavy atom. The van der Waals surface area contributed by atoms with Crippen LogP contribution in [0.2, 0.25) is 0 Å². The molecule has 148 valence electrons. The van der Waals surface area contributed by atoms with Crippen LogP contribution < -0.4 is 5.43 Å². The lowest BCUT2D eigenvalue weighted by Crippen LogP contribution is -2.18. The summed E-state index contributed by atoms with van der Waals surface area (Å²) in [4.78, 5) is 16.4. The van der Waals surface area contributed by atoms with E-state index in [1.54, 1.807) is 18.4 Å². The lowest BCUT2D eigenvalue weighted by molar-refractivity contribution is 0.0950. The van der Waals surface area contributed by atoms with E-state index in [0.717, 1.165) is 16.7 Å². The number of carbonyl (C=O) groups excluding carboxylic acids is 1. The molecule has 0 atom stereocenters. The summed E-state index contributed by atoms with van der Waals surface area (Å²) in [6.07, 6.45) is 21.9. The van der Waals surface area contributed by atoms with Crippen molar-refractivity contribution in [3.05, 3.63) is 121 Å². The second-order valence-corrected chi connectivity index (χ2v) is 6.02. The molecule has 0 unspecified atom stereocenters. The van der Waals surface area contributed by atoms with Gasteiger partial charge in [-0.25, -0.2) is 10.4 Å². The molecule has 1 aromatic carbocycles. The Hall–Kier alpha value is -4.25. The molecule has 0 bridgehead atoms. The highest BCUT2D eigenvalue weighted by Gasteiger charge is 2.06. The van der Waals surface area contributed by atoms with Gasteiger partial charge in [-0.2, -0.15) is 5.10 Å². The average molecular weight is 395 g/mol. The van der Waals surface area contributed by atoms with Crippen molar-refractivity contribution >= 4 is 29.1 Å². The van der Waals surface area contributed by atoms with Crippen LogP contribution in [0, 0.1) is 0 Å². The Balaban J connectivity index is 1.37. The molecular weight excluding hydrogens is 374 g/mol. The number of hydrogen-bond acceptors (Lipinski definition) is 4. The van der Waals surface area contributed by atoms with E-state index in [-0.39, 0.29) is 5.91 Å². The first-order valence-electron chi connectivity index (χ1n) is 9.39. The number of carbonyl (C=O) groups is 1. The van der Waals surface area contributed by atoms with Gasteiger partial charge >= 0.3 is 0 Å². The molecule has 30 heavy (non-hydrogen) atoms. The molecule has 2 heterocycles. The molecule has 0 saturated carbocycles. The number of para-hydroxylation sites is 1. The second kappa shape index (κ2) is 11.6. The molecular formula is C25H21N3O2. The van der Waals surface area contributed by atoms with Gasteiger partial charge in [0.05, 0.1) is 11.8 Å². The summed E-state index contributed by atoms with van der Waals surface area (Å²) in [5, 5.41) is 4.87. The van der Waals surface area contributed by atoms with Gasteiger partial charge in [-0.15, -0.1) is 0 Å². The Kier molecular flexibility index (Phi) is 7.89. The monoisotopic (exact) mass is 395 g/mol. The third kappa shape index (κ3) is 6.73. The van der Waals surface area contributed by atoms with E-state index < -0.39 is 0 Å². The van der Waals surface area contributed by atoms with E-state index in [2.05, 4.69) is 15.5 Å². The van der Waals surface area contributed by atoms with Crippen LogP contribution in [0.4, 0.5) is 0 Å². The molecule has 0 saturated heterocycles. The van der Waals surface area contributed by atoms with Crippen molar-refractivity contribution in [1.82, 2.24) is 10.4 Å². The quantitative estimate of drug-likeness (QED) is 0.312. The molecule has 0 radical (unpaired) electrons. The van der Waals surface area contributed by atoms with Crippen molar-refractivity contribution in [2.45, 2.75) is 0 Å². The van der Waals surface area contributed by atoms with Gasteiger partial charge < -0.3 is 4.42 Å². The number of aromatic nitrogens is 1. The number of allylic oxidation sites excluding steroid dienone is 9. The zero-order chi connectivity index (χ0) is 20.9. The predicted molar refractivity (Wildman–Crippen MR) is 122 cm³/mol. The fraction of sp³-hybridized carbons (Fsp3) is 0. The number of nitrogens with one attached hydrogen (secondary N) is 1. The standard InChI is InChI=1S/C25H21N3O2/c29-25(24-18-17-21-13-9-10-16-23(21)27-24)28-26-19-11-7-5-3-1-2-4-6-8-14-22-15-12-20-30-22/h1-20H,(H,28,29)/b2-1+,5-3+,6-4+,11-7+,14-8+,26-19+. The molecule has 0 aliphatic carbocycles. The summed E-state index contributed by atoms with van der Waals surface area (Å²) in [5.41, 5.74) is 3.56. The molecule has 1 amide bonds. The topological polar surface area (TPSA) is 67.5 Å². The molecule has 5 heteroatoms. The summed E-state index contributed by atoms with van der Waals surface area (Å²) < 4.78 is 5.19. The fourth-order valence-corrected chi connectivity index (χ4v) is 2.42. The maximum Gasteiger partial charge on any atom is 0.289 e. The van der Waals surface area contributed by atoms with E-state index in [4.69, 9.17) is 4.42 Å². The molecule has 0 aliphatic rings. The van der Waals surface area contributed by atoms with Gasteiger partial charge in [0.25, 0.3) is 5.91 Å². The number of benzene rings is 1. The van der Waals surface area contributed by atoms with Gasteiger partial charge in [-0.1, -0.05) is 72.9 Å². The number of rotatable bonds is 8. The van der Waals surface area contributed by atoms with Crippen molar-refractivity contribution in [2.75, 3.05) is 0 Å². The van der Waals surface area contributed by atoms with Crippen LogP contribution in [0.15, 0.2) is 119 Å². The van der Waals surface area contributed by atoms with Crippen molar-refractivity contribution in [3.63, 3.8) is 0 Å². The third-order valence-corrected chi connectivity index (χ3v) is 3.85. The molecule has 3 rings (SSSR count). The van der Waals surface area contributed by atoms with Crippen LogP contribution in [0.25, 0.3) is 17.0 Å². The van der Waals surface area contributed by atoms with Gasteiger partial charge in [-0.05, 0) is 36.4 Å². The number of hydrogen-bond donors (Lipinski definition) is 1. The van der Waals surface area contributed by atoms with Crippen molar-refractivity contribution in [2.24, 2.45) is 5.10 Å². The minimum atomic E-state index is -0.350. The minimum Gasteiger partial charge on any atom is -0.465 e. The Morgan fingerprint density at radius 2 is 1.57 bits per heavy atom. The Morgan fingerprint density at radius 3 is 2.33 bits per heavy atom. The normalized spacial score (nSPS) is 12.7. The van der Waals surface area contributed by atoms with E-state index in [1.165, 1.54) is 6.21 Å². The summed E-state index contributed by atoms with van der Waals surface area (Å²) >= 11 is 0. The SMILES string of the molecule is O=C(N/N=C/C=C/C=C/C=C/C=C/C=C/c1ccco1)c1ccc2ccccc2n1. The number of nitrogens with zero attached hydrogens (tertiary/aromatic N) is 2. The first kappa shape index (κ1) is 20.5. The maximum atomic E-state index is 12.1. The fourth-order valence-electron chi connectivity index (χ4n) is 2.42. The first-order valence-corrected chi connectivity index (χ1v) is 9.39. The molecule has 3 aromatic rings. The summed E-state index contributed by atoms with van der Waals surface area (Å²) in [6.45, 7) is 0. The number of furan rings is 1. The zero-order valence-electron chi connectivity index (χ0n) is 16.3. The van der Waals surface area contributed by atoms with Crippen LogP contribution in [-0.2, 0) is 0 Å². The third-order valence-electron chi connectivity index (χ3n) is 3.85. The van der Waals surface area contributed by atoms with Gasteiger partial charge in [-0.3, -0.25) is 4.79 Å². The van der Waals surface area contributed by atoms with Gasteiger partial charge in [0.15, 0.2) is 0 Å². The Bertz CT molecular complexity index is 1130. The smallest absolute Gasteiger partial charge is 0.289 e. The number of fused-ring (bicyclic) bond motifs is 1. The summed E-state index contributed by atoms with van der Waals surface area (Å²) in [7, 11) is 0. The van der Waals surface area contributed by atoms with Crippen LogP contribution in [0.3, 0.4) is 0 Å². The van der Waals surface area contributed by atoms with Gasteiger partial charge in [0.1, 0.15) is 11.5 Å². The largest absolute Gasteiger partial charge is 0.465 e. The maximum absolute atomic E-state index is 12.1. The van der Waals surface area contributed by atoms with Crippen LogP contribution in [0.5, 0.6) is 0 Å². The average Bonchev–Trinajstić information content (AvgIpc) is 3.30. The molecule has 0 spiro atoms. The van der Waals surface area contributed by atoms with Gasteiger partial charge in [0.2, 0.25) is 0 Å². The summed E-state index contributed by atoms with van der Waals surface area (Å²) in [6, 6.07) is 14.9. The zero-order valence-corrected chi connectivity index (χ0v) is 16.3. The van der Waals surface area contributed by atoms with E-state index in [0.29, 0.717) is 5.69 Å². The van der Waals surface area contributed by atoms with Gasteiger partial charge in [0, 0.05) is 11.6 Å². The molecule has 0 aliphatic heterocycles. The summed E-state index contributed by atoms with van der Waals surface area (Å²) in [5.74, 6) is 0.469. The van der Waals surface area contributed by atoms with Crippen molar-refractivity contribution in [3.8, 4) is 0 Å². The molecule has 0 fully saturated rings. The highest BCUT2D eigenvalue weighted by molar-refractivity contribution is 5.95. The second-order valence-electron chi connectivity index (χ2n) is 6.02. The molecule has 5 nitrogen and oxygen atoms in total. The molecule has 1 N–H and O–H groups in total. The Labute approximate surface area is 175 Å². The van der Waals surface area contributed by atoms with Crippen molar-refractivity contribution in [1.29, 1.82) is 0 Å². The predicted octanol–water partition coefficient (Wildman–Crippen LogP) is 5.48. The lowest BCUT2D eigenvalue weighted by Gasteiger charge is -2.01. The number of pyridine rings is 1. The van der Waals surface area contributed by atoms with E-state index >= 15 is 0 Å². The first-order chi connectivity index (χ1) is 14.8.